The number of rotatable bonds is 3. The zero-order valence-corrected chi connectivity index (χ0v) is 11.9. The van der Waals surface area contributed by atoms with Gasteiger partial charge >= 0.3 is 0 Å². The van der Waals surface area contributed by atoms with Gasteiger partial charge in [-0.3, -0.25) is 0 Å². The number of anilines is 1. The van der Waals surface area contributed by atoms with E-state index in [9.17, 15) is 0 Å². The van der Waals surface area contributed by atoms with Crippen molar-refractivity contribution in [3.05, 3.63) is 9.98 Å². The summed E-state index contributed by atoms with van der Waals surface area (Å²) in [7, 11) is 0. The van der Waals surface area contributed by atoms with Gasteiger partial charge in [-0.05, 0) is 59.9 Å². The van der Waals surface area contributed by atoms with Gasteiger partial charge in [-0.2, -0.15) is 0 Å². The average molecular weight is 301 g/mol. The van der Waals surface area contributed by atoms with Gasteiger partial charge in [0.05, 0.1) is 0 Å². The minimum Gasteiger partial charge on any atom is -0.359 e. The van der Waals surface area contributed by atoms with Gasteiger partial charge in [-0.1, -0.05) is 6.42 Å². The van der Waals surface area contributed by atoms with Crippen LogP contribution in [-0.2, 0) is 0 Å². The Balaban J connectivity index is 1.63. The number of nitrogens with one attached hydrogen (secondary N) is 1. The van der Waals surface area contributed by atoms with Crippen molar-refractivity contribution in [3.63, 3.8) is 0 Å². The molecule has 0 saturated heterocycles. The molecule has 4 unspecified atom stereocenters. The van der Waals surface area contributed by atoms with Crippen molar-refractivity contribution in [2.45, 2.75) is 38.6 Å². The second-order valence-electron chi connectivity index (χ2n) is 5.25. The molecule has 1 aromatic rings. The lowest BCUT2D eigenvalue weighted by atomic mass is 9.84. The van der Waals surface area contributed by atoms with Gasteiger partial charge < -0.3 is 5.32 Å². The van der Waals surface area contributed by atoms with Crippen LogP contribution in [-0.4, -0.2) is 11.0 Å². The average Bonchev–Trinajstić information content (AvgIpc) is 2.93. The number of halogens is 1. The highest BCUT2D eigenvalue weighted by Crippen LogP contribution is 2.49. The second kappa shape index (κ2) is 4.30. The van der Waals surface area contributed by atoms with Crippen LogP contribution in [0.2, 0.25) is 0 Å². The lowest BCUT2D eigenvalue weighted by Gasteiger charge is -2.28. The van der Waals surface area contributed by atoms with E-state index in [0.29, 0.717) is 6.04 Å². The molecule has 0 radical (unpaired) electrons. The van der Waals surface area contributed by atoms with E-state index in [1.807, 2.05) is 5.38 Å². The molecule has 0 amide bonds. The monoisotopic (exact) mass is 300 g/mol. The topological polar surface area (TPSA) is 24.9 Å². The molecule has 88 valence electrons. The molecule has 2 saturated carbocycles. The molecule has 2 bridgehead atoms. The standard InChI is InChI=1S/C12H17BrN2S/c1-7(14-12-15-11(13)6-16-12)10-5-8-2-3-9(10)4-8/h6-10H,2-5H2,1H3,(H,14,15). The van der Waals surface area contributed by atoms with Crippen LogP contribution in [0.3, 0.4) is 0 Å². The fraction of sp³-hybridized carbons (Fsp3) is 0.750. The largest absolute Gasteiger partial charge is 0.359 e. The van der Waals surface area contributed by atoms with E-state index in [1.165, 1.54) is 25.7 Å². The highest BCUT2D eigenvalue weighted by molar-refractivity contribution is 9.10. The van der Waals surface area contributed by atoms with Crippen LogP contribution < -0.4 is 5.32 Å². The van der Waals surface area contributed by atoms with Crippen LogP contribution in [0.1, 0.15) is 32.6 Å². The molecule has 4 heteroatoms. The Morgan fingerprint density at radius 3 is 2.94 bits per heavy atom. The Kier molecular flexibility index (Phi) is 2.96. The number of hydrogen-bond donors (Lipinski definition) is 1. The zero-order chi connectivity index (χ0) is 11.1. The van der Waals surface area contributed by atoms with Gasteiger partial charge in [0, 0.05) is 11.4 Å². The van der Waals surface area contributed by atoms with Crippen LogP contribution in [0.25, 0.3) is 0 Å². The minimum absolute atomic E-state index is 0.577. The third-order valence-electron chi connectivity index (χ3n) is 4.26. The van der Waals surface area contributed by atoms with Crippen molar-refractivity contribution in [3.8, 4) is 0 Å². The number of thiazole rings is 1. The van der Waals surface area contributed by atoms with E-state index in [1.54, 1.807) is 11.3 Å². The van der Waals surface area contributed by atoms with Gasteiger partial charge in [0.1, 0.15) is 4.60 Å². The molecular weight excluding hydrogens is 284 g/mol. The Labute approximate surface area is 109 Å². The van der Waals surface area contributed by atoms with Crippen molar-refractivity contribution >= 4 is 32.4 Å². The maximum Gasteiger partial charge on any atom is 0.183 e. The molecule has 2 aliphatic rings. The Bertz CT molecular complexity index is 379. The summed E-state index contributed by atoms with van der Waals surface area (Å²) in [5, 5.41) is 6.66. The molecule has 2 aliphatic carbocycles. The van der Waals surface area contributed by atoms with Gasteiger partial charge in [0.15, 0.2) is 5.13 Å². The van der Waals surface area contributed by atoms with Crippen molar-refractivity contribution < 1.29 is 0 Å². The maximum atomic E-state index is 4.41. The Hall–Kier alpha value is -0.0900. The van der Waals surface area contributed by atoms with E-state index in [4.69, 9.17) is 0 Å². The maximum absolute atomic E-state index is 4.41. The quantitative estimate of drug-likeness (QED) is 0.907. The molecule has 2 fully saturated rings. The molecule has 0 spiro atoms. The van der Waals surface area contributed by atoms with E-state index in [-0.39, 0.29) is 0 Å². The number of fused-ring (bicyclic) bond motifs is 2. The summed E-state index contributed by atoms with van der Waals surface area (Å²) in [4.78, 5) is 4.41. The van der Waals surface area contributed by atoms with Crippen LogP contribution in [0.5, 0.6) is 0 Å². The summed E-state index contributed by atoms with van der Waals surface area (Å²) in [5.74, 6) is 2.89. The highest BCUT2D eigenvalue weighted by atomic mass is 79.9. The molecule has 0 aliphatic heterocycles. The van der Waals surface area contributed by atoms with Gasteiger partial charge in [-0.15, -0.1) is 11.3 Å². The Morgan fingerprint density at radius 2 is 2.38 bits per heavy atom. The van der Waals surface area contributed by atoms with E-state index in [2.05, 4.69) is 33.2 Å². The van der Waals surface area contributed by atoms with Crippen LogP contribution in [0.4, 0.5) is 5.13 Å². The zero-order valence-electron chi connectivity index (χ0n) is 9.45. The van der Waals surface area contributed by atoms with E-state index >= 15 is 0 Å². The fourth-order valence-electron chi connectivity index (χ4n) is 3.53. The van der Waals surface area contributed by atoms with E-state index < -0.39 is 0 Å². The third-order valence-corrected chi connectivity index (χ3v) is 5.75. The SMILES string of the molecule is CC(Nc1nc(Br)cs1)C1CC2CCC1C2. The van der Waals surface area contributed by atoms with Crippen LogP contribution >= 0.6 is 27.3 Å². The lowest BCUT2D eigenvalue weighted by molar-refractivity contribution is 0.304. The smallest absolute Gasteiger partial charge is 0.183 e. The summed E-state index contributed by atoms with van der Waals surface area (Å²) in [5.41, 5.74) is 0. The lowest BCUT2D eigenvalue weighted by Crippen LogP contribution is -2.29. The van der Waals surface area contributed by atoms with Crippen molar-refractivity contribution in [1.29, 1.82) is 0 Å². The summed E-state index contributed by atoms with van der Waals surface area (Å²) in [6.07, 6.45) is 5.86. The minimum atomic E-state index is 0.577. The predicted molar refractivity (Wildman–Crippen MR) is 71.8 cm³/mol. The van der Waals surface area contributed by atoms with Gasteiger partial charge in [-0.25, -0.2) is 4.98 Å². The first-order valence-corrected chi connectivity index (χ1v) is 7.77. The number of nitrogens with zero attached hydrogens (tertiary/aromatic N) is 1. The summed E-state index contributed by atoms with van der Waals surface area (Å²) < 4.78 is 0.945. The second-order valence-corrected chi connectivity index (χ2v) is 6.92. The molecular formula is C12H17BrN2S. The van der Waals surface area contributed by atoms with Crippen molar-refractivity contribution in [2.24, 2.45) is 17.8 Å². The third kappa shape index (κ3) is 2.02. The van der Waals surface area contributed by atoms with Gasteiger partial charge in [0.25, 0.3) is 0 Å². The first-order chi connectivity index (χ1) is 7.72. The predicted octanol–water partition coefficient (Wildman–Crippen LogP) is 4.14. The molecule has 3 rings (SSSR count). The summed E-state index contributed by atoms with van der Waals surface area (Å²) >= 11 is 5.09. The van der Waals surface area contributed by atoms with Crippen LogP contribution in [0, 0.1) is 17.8 Å². The first kappa shape index (κ1) is 11.0. The molecule has 1 aromatic heterocycles. The van der Waals surface area contributed by atoms with E-state index in [0.717, 1.165) is 27.5 Å². The van der Waals surface area contributed by atoms with Crippen LogP contribution in [0.15, 0.2) is 9.98 Å². The molecule has 16 heavy (non-hydrogen) atoms. The number of hydrogen-bond acceptors (Lipinski definition) is 3. The van der Waals surface area contributed by atoms with Crippen molar-refractivity contribution in [1.82, 2.24) is 4.98 Å². The molecule has 1 heterocycles. The molecule has 1 N–H and O–H groups in total. The fourth-order valence-corrected chi connectivity index (χ4v) is 4.77. The normalized spacial score (nSPS) is 34.2. The highest BCUT2D eigenvalue weighted by Gasteiger charge is 2.41. The first-order valence-electron chi connectivity index (χ1n) is 6.10. The Morgan fingerprint density at radius 1 is 1.50 bits per heavy atom. The van der Waals surface area contributed by atoms with Crippen molar-refractivity contribution in [2.75, 3.05) is 5.32 Å². The molecule has 2 nitrogen and oxygen atoms in total. The number of aromatic nitrogens is 1. The molecule has 4 atom stereocenters. The van der Waals surface area contributed by atoms with Gasteiger partial charge in [0.2, 0.25) is 0 Å². The molecule has 0 aromatic carbocycles. The summed E-state index contributed by atoms with van der Waals surface area (Å²) in [6, 6.07) is 0.577. The summed E-state index contributed by atoms with van der Waals surface area (Å²) in [6.45, 7) is 2.32.